The monoisotopic (exact) mass is 349 g/mol. The van der Waals surface area contributed by atoms with Gasteiger partial charge in [-0.25, -0.2) is 5.43 Å². The second kappa shape index (κ2) is 8.43. The fourth-order valence-electron chi connectivity index (χ4n) is 3.01. The Hall–Kier alpha value is -2.95. The molecule has 2 aromatic carbocycles. The molecule has 1 aliphatic rings. The highest BCUT2D eigenvalue weighted by Gasteiger charge is 2.22. The quantitative estimate of drug-likeness (QED) is 0.640. The van der Waals surface area contributed by atoms with Crippen molar-refractivity contribution < 1.29 is 9.59 Å². The smallest absolute Gasteiger partial charge is 0.271 e. The van der Waals surface area contributed by atoms with Crippen LogP contribution in [0.25, 0.3) is 0 Å². The molecule has 0 radical (unpaired) electrons. The minimum absolute atomic E-state index is 0.108. The Kier molecular flexibility index (Phi) is 5.79. The molecule has 2 aromatic rings. The molecule has 0 aromatic heterocycles. The van der Waals surface area contributed by atoms with Gasteiger partial charge in [0.05, 0.1) is 0 Å². The molecule has 26 heavy (non-hydrogen) atoms. The van der Waals surface area contributed by atoms with Crippen LogP contribution >= 0.6 is 0 Å². The number of rotatable bonds is 6. The van der Waals surface area contributed by atoms with Gasteiger partial charge in [0.15, 0.2) is 0 Å². The Morgan fingerprint density at radius 2 is 1.96 bits per heavy atom. The number of nitrogens with one attached hydrogen (secondary N) is 1. The number of benzene rings is 2. The van der Waals surface area contributed by atoms with E-state index in [4.69, 9.17) is 0 Å². The molecule has 0 saturated carbocycles. The second-order valence-corrected chi connectivity index (χ2v) is 6.33. The molecule has 1 fully saturated rings. The maximum absolute atomic E-state index is 12.4. The third-order valence-electron chi connectivity index (χ3n) is 4.47. The zero-order chi connectivity index (χ0) is 18.4. The van der Waals surface area contributed by atoms with E-state index < -0.39 is 0 Å². The van der Waals surface area contributed by atoms with E-state index in [2.05, 4.69) is 10.5 Å². The molecular weight excluding hydrogens is 326 g/mol. The van der Waals surface area contributed by atoms with Gasteiger partial charge < -0.3 is 4.90 Å². The number of amides is 2. The van der Waals surface area contributed by atoms with E-state index in [0.717, 1.165) is 29.8 Å². The first-order valence-electron chi connectivity index (χ1n) is 8.97. The molecule has 1 N–H and O–H groups in total. The molecule has 5 heteroatoms. The lowest BCUT2D eigenvalue weighted by atomic mass is 10.1. The van der Waals surface area contributed by atoms with Crippen LogP contribution in [0.15, 0.2) is 59.7 Å². The summed E-state index contributed by atoms with van der Waals surface area (Å²) >= 11 is 0. The molecule has 1 saturated heterocycles. The summed E-state index contributed by atoms with van der Waals surface area (Å²) in [7, 11) is 0. The Labute approximate surface area is 153 Å². The topological polar surface area (TPSA) is 61.8 Å². The van der Waals surface area contributed by atoms with Gasteiger partial charge in [0.2, 0.25) is 5.91 Å². The predicted molar refractivity (Wildman–Crippen MR) is 103 cm³/mol. The van der Waals surface area contributed by atoms with Crippen molar-refractivity contribution in [2.75, 3.05) is 11.4 Å². The standard InChI is InChI=1S/C21H23N3O2/c1-2-18(14-16-8-4-3-5-9-16)22-23-21(26)17-10-6-11-19(15-17)24-13-7-12-20(24)25/h3-6,8-11,15H,2,7,12-14H2,1H3,(H,23,26)/b22-18+. The van der Waals surface area contributed by atoms with Crippen molar-refractivity contribution in [2.45, 2.75) is 32.6 Å². The van der Waals surface area contributed by atoms with Crippen LogP contribution in [0.4, 0.5) is 5.69 Å². The van der Waals surface area contributed by atoms with Crippen molar-refractivity contribution >= 4 is 23.2 Å². The summed E-state index contributed by atoms with van der Waals surface area (Å²) in [5, 5.41) is 4.29. The number of hydrogen-bond acceptors (Lipinski definition) is 3. The Morgan fingerprint density at radius 1 is 1.15 bits per heavy atom. The lowest BCUT2D eigenvalue weighted by molar-refractivity contribution is -0.117. The van der Waals surface area contributed by atoms with Crippen LogP contribution < -0.4 is 10.3 Å². The van der Waals surface area contributed by atoms with Gasteiger partial charge >= 0.3 is 0 Å². The summed E-state index contributed by atoms with van der Waals surface area (Å²) in [6, 6.07) is 17.2. The van der Waals surface area contributed by atoms with Gasteiger partial charge in [0, 0.05) is 36.3 Å². The first-order chi connectivity index (χ1) is 12.7. The highest BCUT2D eigenvalue weighted by atomic mass is 16.2. The van der Waals surface area contributed by atoms with E-state index in [1.807, 2.05) is 43.3 Å². The molecule has 5 nitrogen and oxygen atoms in total. The van der Waals surface area contributed by atoms with E-state index >= 15 is 0 Å². The summed E-state index contributed by atoms with van der Waals surface area (Å²) in [4.78, 5) is 26.1. The normalized spacial score (nSPS) is 14.6. The van der Waals surface area contributed by atoms with Crippen molar-refractivity contribution in [1.82, 2.24) is 5.43 Å². The van der Waals surface area contributed by atoms with Crippen molar-refractivity contribution in [3.05, 3.63) is 65.7 Å². The molecule has 0 bridgehead atoms. The third kappa shape index (κ3) is 4.36. The third-order valence-corrected chi connectivity index (χ3v) is 4.47. The summed E-state index contributed by atoms with van der Waals surface area (Å²) in [6.07, 6.45) is 2.90. The minimum Gasteiger partial charge on any atom is -0.312 e. The molecule has 0 unspecified atom stereocenters. The maximum atomic E-state index is 12.4. The van der Waals surface area contributed by atoms with Gasteiger partial charge in [-0.2, -0.15) is 5.10 Å². The number of nitrogens with zero attached hydrogens (tertiary/aromatic N) is 2. The average molecular weight is 349 g/mol. The van der Waals surface area contributed by atoms with Gasteiger partial charge in [-0.15, -0.1) is 0 Å². The van der Waals surface area contributed by atoms with Gasteiger partial charge in [-0.1, -0.05) is 43.3 Å². The molecule has 2 amide bonds. The van der Waals surface area contributed by atoms with E-state index in [-0.39, 0.29) is 11.8 Å². The summed E-state index contributed by atoms with van der Waals surface area (Å²) in [6.45, 7) is 2.73. The van der Waals surface area contributed by atoms with Crippen LogP contribution in [0, 0.1) is 0 Å². The summed E-state index contributed by atoms with van der Waals surface area (Å²) in [5.74, 6) is -0.158. The first kappa shape index (κ1) is 17.9. The molecule has 134 valence electrons. The van der Waals surface area contributed by atoms with Crippen LogP contribution in [0.3, 0.4) is 0 Å². The second-order valence-electron chi connectivity index (χ2n) is 6.33. The van der Waals surface area contributed by atoms with E-state index in [1.54, 1.807) is 23.1 Å². The van der Waals surface area contributed by atoms with Gasteiger partial charge in [0.1, 0.15) is 0 Å². The number of carbonyl (C=O) groups is 2. The van der Waals surface area contributed by atoms with Gasteiger partial charge in [0.25, 0.3) is 5.91 Å². The largest absolute Gasteiger partial charge is 0.312 e. The number of anilines is 1. The molecule has 0 atom stereocenters. The molecule has 1 aliphatic heterocycles. The van der Waals surface area contributed by atoms with Crippen molar-refractivity contribution in [2.24, 2.45) is 5.10 Å². The molecule has 3 rings (SSSR count). The zero-order valence-corrected chi connectivity index (χ0v) is 14.9. The lowest BCUT2D eigenvalue weighted by Crippen LogP contribution is -2.25. The molecule has 0 spiro atoms. The van der Waals surface area contributed by atoms with Crippen LogP contribution in [0.2, 0.25) is 0 Å². The van der Waals surface area contributed by atoms with E-state index in [0.29, 0.717) is 24.9 Å². The van der Waals surface area contributed by atoms with Gasteiger partial charge in [-0.3, -0.25) is 9.59 Å². The van der Waals surface area contributed by atoms with Crippen LogP contribution in [0.5, 0.6) is 0 Å². The number of hydrazone groups is 1. The number of hydrogen-bond donors (Lipinski definition) is 1. The summed E-state index contributed by atoms with van der Waals surface area (Å²) < 4.78 is 0. The molecule has 0 aliphatic carbocycles. The zero-order valence-electron chi connectivity index (χ0n) is 14.9. The minimum atomic E-state index is -0.266. The molecular formula is C21H23N3O2. The van der Waals surface area contributed by atoms with E-state index in [9.17, 15) is 9.59 Å². The van der Waals surface area contributed by atoms with Crippen LogP contribution in [-0.2, 0) is 11.2 Å². The fraction of sp³-hybridized carbons (Fsp3) is 0.286. The molecule has 1 heterocycles. The Morgan fingerprint density at radius 3 is 2.65 bits per heavy atom. The van der Waals surface area contributed by atoms with Crippen LogP contribution in [0.1, 0.15) is 42.1 Å². The Balaban J connectivity index is 1.68. The fourth-order valence-corrected chi connectivity index (χ4v) is 3.01. The lowest BCUT2D eigenvalue weighted by Gasteiger charge is -2.16. The average Bonchev–Trinajstić information content (AvgIpc) is 3.11. The van der Waals surface area contributed by atoms with Gasteiger partial charge in [-0.05, 0) is 36.6 Å². The van der Waals surface area contributed by atoms with Crippen molar-refractivity contribution in [1.29, 1.82) is 0 Å². The van der Waals surface area contributed by atoms with Crippen LogP contribution in [-0.4, -0.2) is 24.1 Å². The SMILES string of the molecule is CC/C(Cc1ccccc1)=N\NC(=O)c1cccc(N2CCCC2=O)c1. The highest BCUT2D eigenvalue weighted by Crippen LogP contribution is 2.22. The predicted octanol–water partition coefficient (Wildman–Crippen LogP) is 3.55. The highest BCUT2D eigenvalue weighted by molar-refractivity contribution is 5.99. The van der Waals surface area contributed by atoms with Crippen molar-refractivity contribution in [3.63, 3.8) is 0 Å². The first-order valence-corrected chi connectivity index (χ1v) is 8.97. The Bertz CT molecular complexity index is 815. The van der Waals surface area contributed by atoms with Crippen molar-refractivity contribution in [3.8, 4) is 0 Å². The maximum Gasteiger partial charge on any atom is 0.271 e. The number of carbonyl (C=O) groups excluding carboxylic acids is 2. The summed E-state index contributed by atoms with van der Waals surface area (Å²) in [5.41, 5.74) is 5.99. The van der Waals surface area contributed by atoms with E-state index in [1.165, 1.54) is 0 Å².